The molecule has 0 aromatic heterocycles. The van der Waals surface area contributed by atoms with Crippen LogP contribution in [0.5, 0.6) is 0 Å². The van der Waals surface area contributed by atoms with Gasteiger partial charge in [0.25, 0.3) is 0 Å². The first-order chi connectivity index (χ1) is 9.93. The lowest BCUT2D eigenvalue weighted by Gasteiger charge is -2.28. The van der Waals surface area contributed by atoms with Crippen LogP contribution in [0, 0.1) is 0 Å². The molecular formula is C16H24BrN3O2. The molecule has 0 fully saturated rings. The van der Waals surface area contributed by atoms with E-state index in [1.807, 2.05) is 32.9 Å². The first-order valence-electron chi connectivity index (χ1n) is 7.11. The van der Waals surface area contributed by atoms with Crippen molar-refractivity contribution in [3.05, 3.63) is 34.3 Å². The van der Waals surface area contributed by atoms with Crippen LogP contribution >= 0.6 is 15.9 Å². The molecule has 2 amide bonds. The molecule has 122 valence electrons. The van der Waals surface area contributed by atoms with Crippen LogP contribution < -0.4 is 16.4 Å². The van der Waals surface area contributed by atoms with Gasteiger partial charge in [-0.2, -0.15) is 0 Å². The van der Waals surface area contributed by atoms with Crippen LogP contribution in [0.3, 0.4) is 0 Å². The summed E-state index contributed by atoms with van der Waals surface area (Å²) in [6, 6.07) is 6.55. The lowest BCUT2D eigenvalue weighted by atomic mass is 9.92. The normalized spacial score (nSPS) is 15.6. The van der Waals surface area contributed by atoms with Crippen molar-refractivity contribution in [2.24, 2.45) is 5.73 Å². The van der Waals surface area contributed by atoms with E-state index in [9.17, 15) is 9.59 Å². The van der Waals surface area contributed by atoms with E-state index in [4.69, 9.17) is 5.73 Å². The average molecular weight is 370 g/mol. The molecule has 0 bridgehead atoms. The van der Waals surface area contributed by atoms with Crippen molar-refractivity contribution in [3.63, 3.8) is 0 Å². The van der Waals surface area contributed by atoms with Crippen LogP contribution in [0.4, 0.5) is 0 Å². The molecule has 22 heavy (non-hydrogen) atoms. The molecule has 0 aliphatic heterocycles. The van der Waals surface area contributed by atoms with Gasteiger partial charge in [-0.25, -0.2) is 0 Å². The number of nitrogens with two attached hydrogens (primary N) is 1. The minimum atomic E-state index is -1.21. The van der Waals surface area contributed by atoms with Crippen molar-refractivity contribution in [3.8, 4) is 0 Å². The second-order valence-electron chi connectivity index (χ2n) is 6.64. The number of carbonyl (C=O) groups is 2. The Bertz CT molecular complexity index is 548. The number of nitrogens with one attached hydrogen (secondary N) is 2. The quantitative estimate of drug-likeness (QED) is 0.759. The zero-order valence-electron chi connectivity index (χ0n) is 13.7. The summed E-state index contributed by atoms with van der Waals surface area (Å²) in [6.07, 6.45) is 0. The van der Waals surface area contributed by atoms with Crippen molar-refractivity contribution < 1.29 is 9.59 Å². The summed E-state index contributed by atoms with van der Waals surface area (Å²) in [4.78, 5) is 24.4. The lowest BCUT2D eigenvalue weighted by molar-refractivity contribution is -0.132. The van der Waals surface area contributed by atoms with E-state index in [0.29, 0.717) is 5.56 Å². The van der Waals surface area contributed by atoms with Gasteiger partial charge in [0.15, 0.2) is 0 Å². The molecule has 1 aromatic rings. The van der Waals surface area contributed by atoms with Gasteiger partial charge in [-0.15, -0.1) is 0 Å². The van der Waals surface area contributed by atoms with E-state index < -0.39 is 17.5 Å². The number of benzene rings is 1. The minimum absolute atomic E-state index is 0.243. The lowest BCUT2D eigenvalue weighted by Crippen LogP contribution is -2.56. The summed E-state index contributed by atoms with van der Waals surface area (Å²) >= 11 is 3.34. The van der Waals surface area contributed by atoms with Crippen molar-refractivity contribution in [1.29, 1.82) is 0 Å². The Kier molecular flexibility index (Phi) is 5.76. The number of rotatable bonds is 4. The van der Waals surface area contributed by atoms with Crippen LogP contribution in [0.25, 0.3) is 0 Å². The first-order valence-corrected chi connectivity index (χ1v) is 7.90. The Hall–Kier alpha value is -1.40. The molecular weight excluding hydrogens is 346 g/mol. The second kappa shape index (κ2) is 6.79. The Morgan fingerprint density at radius 2 is 1.64 bits per heavy atom. The Balaban J connectivity index is 2.78. The van der Waals surface area contributed by atoms with Crippen molar-refractivity contribution in [2.45, 2.75) is 51.7 Å². The summed E-state index contributed by atoms with van der Waals surface area (Å²) in [5.41, 5.74) is 5.26. The smallest absolute Gasteiger partial charge is 0.245 e. The zero-order chi connectivity index (χ0) is 17.1. The van der Waals surface area contributed by atoms with Gasteiger partial charge in [0.2, 0.25) is 11.8 Å². The molecule has 0 saturated heterocycles. The summed E-state index contributed by atoms with van der Waals surface area (Å²) in [7, 11) is 0. The molecule has 1 rings (SSSR count). The molecule has 0 aliphatic rings. The van der Waals surface area contributed by atoms with Gasteiger partial charge in [0, 0.05) is 10.0 Å². The van der Waals surface area contributed by atoms with E-state index in [1.54, 1.807) is 26.0 Å². The summed E-state index contributed by atoms with van der Waals surface area (Å²) < 4.78 is 0.908. The highest BCUT2D eigenvalue weighted by atomic mass is 79.9. The van der Waals surface area contributed by atoms with Crippen LogP contribution in [0.1, 0.15) is 40.2 Å². The molecule has 4 N–H and O–H groups in total. The number of hydrogen-bond donors (Lipinski definition) is 3. The molecule has 5 nitrogen and oxygen atoms in total. The van der Waals surface area contributed by atoms with E-state index in [0.717, 1.165) is 4.47 Å². The number of carbonyl (C=O) groups excluding carboxylic acids is 2. The van der Waals surface area contributed by atoms with Crippen molar-refractivity contribution in [2.75, 3.05) is 0 Å². The summed E-state index contributed by atoms with van der Waals surface area (Å²) in [5.74, 6) is -0.640. The minimum Gasteiger partial charge on any atom is -0.350 e. The van der Waals surface area contributed by atoms with E-state index in [2.05, 4.69) is 26.6 Å². The summed E-state index contributed by atoms with van der Waals surface area (Å²) in [6.45, 7) is 8.91. The van der Waals surface area contributed by atoms with Gasteiger partial charge in [-0.3, -0.25) is 9.59 Å². The van der Waals surface area contributed by atoms with Gasteiger partial charge in [0.1, 0.15) is 11.6 Å². The fourth-order valence-corrected chi connectivity index (χ4v) is 2.08. The second-order valence-corrected chi connectivity index (χ2v) is 7.56. The SMILES string of the molecule is CC(NC(=O)C(C)(N)c1ccc(Br)cc1)C(=O)NC(C)(C)C. The molecule has 0 heterocycles. The number of halogens is 1. The maximum absolute atomic E-state index is 12.4. The third-order valence-electron chi connectivity index (χ3n) is 3.15. The first kappa shape index (κ1) is 18.6. The molecule has 6 heteroatoms. The maximum Gasteiger partial charge on any atom is 0.245 e. The molecule has 0 aliphatic carbocycles. The third-order valence-corrected chi connectivity index (χ3v) is 3.68. The van der Waals surface area contributed by atoms with Crippen LogP contribution in [0.15, 0.2) is 28.7 Å². The molecule has 2 atom stereocenters. The van der Waals surface area contributed by atoms with Gasteiger partial charge in [0.05, 0.1) is 0 Å². The molecule has 0 spiro atoms. The standard InChI is InChI=1S/C16H24BrN3O2/c1-10(13(21)20-15(2,3)4)19-14(22)16(5,18)11-6-8-12(17)9-7-11/h6-10H,18H2,1-5H3,(H,19,22)(H,20,21). The highest BCUT2D eigenvalue weighted by Gasteiger charge is 2.32. The topological polar surface area (TPSA) is 84.2 Å². The average Bonchev–Trinajstić information content (AvgIpc) is 2.37. The van der Waals surface area contributed by atoms with Crippen LogP contribution in [-0.2, 0) is 15.1 Å². The fraction of sp³-hybridized carbons (Fsp3) is 0.500. The van der Waals surface area contributed by atoms with E-state index >= 15 is 0 Å². The molecule has 1 aromatic carbocycles. The van der Waals surface area contributed by atoms with Gasteiger partial charge in [-0.1, -0.05) is 28.1 Å². The fourth-order valence-electron chi connectivity index (χ4n) is 1.82. The van der Waals surface area contributed by atoms with Crippen molar-refractivity contribution >= 4 is 27.7 Å². The molecule has 0 saturated carbocycles. The van der Waals surface area contributed by atoms with Gasteiger partial charge < -0.3 is 16.4 Å². The van der Waals surface area contributed by atoms with Crippen LogP contribution in [-0.4, -0.2) is 23.4 Å². The Labute approximate surface area is 140 Å². The zero-order valence-corrected chi connectivity index (χ0v) is 15.2. The molecule has 0 radical (unpaired) electrons. The largest absolute Gasteiger partial charge is 0.350 e. The predicted octanol–water partition coefficient (Wildman–Crippen LogP) is 2.04. The summed E-state index contributed by atoms with van der Waals surface area (Å²) in [5, 5.41) is 5.49. The van der Waals surface area contributed by atoms with Gasteiger partial charge >= 0.3 is 0 Å². The maximum atomic E-state index is 12.4. The van der Waals surface area contributed by atoms with Gasteiger partial charge in [-0.05, 0) is 52.3 Å². The molecule has 2 unspecified atom stereocenters. The monoisotopic (exact) mass is 369 g/mol. The number of amides is 2. The Morgan fingerprint density at radius 1 is 1.14 bits per heavy atom. The van der Waals surface area contributed by atoms with Crippen molar-refractivity contribution in [1.82, 2.24) is 10.6 Å². The third kappa shape index (κ3) is 5.10. The highest BCUT2D eigenvalue weighted by molar-refractivity contribution is 9.10. The predicted molar refractivity (Wildman–Crippen MR) is 91.2 cm³/mol. The Morgan fingerprint density at radius 3 is 2.09 bits per heavy atom. The number of hydrogen-bond acceptors (Lipinski definition) is 3. The highest BCUT2D eigenvalue weighted by Crippen LogP contribution is 2.20. The van der Waals surface area contributed by atoms with Crippen LogP contribution in [0.2, 0.25) is 0 Å². The van der Waals surface area contributed by atoms with E-state index in [1.165, 1.54) is 0 Å². The van der Waals surface area contributed by atoms with E-state index in [-0.39, 0.29) is 11.4 Å².